The molecule has 2 N–H and O–H groups in total. The molecule has 2 heterocycles. The van der Waals surface area contributed by atoms with Gasteiger partial charge in [-0.2, -0.15) is 0 Å². The van der Waals surface area contributed by atoms with Crippen molar-refractivity contribution in [1.29, 1.82) is 0 Å². The van der Waals surface area contributed by atoms with E-state index in [4.69, 9.17) is 19.9 Å². The summed E-state index contributed by atoms with van der Waals surface area (Å²) in [4.78, 5) is 2.28. The number of benzene rings is 1. The molecule has 2 aliphatic heterocycles. The molecule has 0 aromatic heterocycles. The molecule has 0 spiro atoms. The van der Waals surface area contributed by atoms with Gasteiger partial charge in [0.15, 0.2) is 11.5 Å². The molecule has 3 rings (SSSR count). The zero-order valence-electron chi connectivity index (χ0n) is 10.3. The topological polar surface area (TPSA) is 57.0 Å². The molecule has 1 unspecified atom stereocenters. The maximum Gasteiger partial charge on any atom is 0.163 e. The summed E-state index contributed by atoms with van der Waals surface area (Å²) in [6.07, 6.45) is 0. The van der Waals surface area contributed by atoms with Gasteiger partial charge in [-0.25, -0.2) is 0 Å². The second-order valence-corrected chi connectivity index (χ2v) is 4.49. The number of hydrogen-bond acceptors (Lipinski definition) is 5. The molecule has 5 heteroatoms. The van der Waals surface area contributed by atoms with E-state index >= 15 is 0 Å². The molecule has 5 nitrogen and oxygen atoms in total. The van der Waals surface area contributed by atoms with Crippen LogP contribution in [0.4, 0.5) is 5.69 Å². The second kappa shape index (κ2) is 5.04. The maximum absolute atomic E-state index is 5.79. The Morgan fingerprint density at radius 3 is 2.83 bits per heavy atom. The maximum atomic E-state index is 5.79. The van der Waals surface area contributed by atoms with E-state index in [2.05, 4.69) is 11.0 Å². The quantitative estimate of drug-likeness (QED) is 0.834. The van der Waals surface area contributed by atoms with Crippen molar-refractivity contribution in [2.75, 3.05) is 44.4 Å². The largest absolute Gasteiger partial charge is 0.486 e. The fourth-order valence-corrected chi connectivity index (χ4v) is 2.40. The van der Waals surface area contributed by atoms with Crippen molar-refractivity contribution in [3.05, 3.63) is 18.2 Å². The van der Waals surface area contributed by atoms with Gasteiger partial charge in [-0.3, -0.25) is 0 Å². The second-order valence-electron chi connectivity index (χ2n) is 4.49. The van der Waals surface area contributed by atoms with E-state index in [1.54, 1.807) is 0 Å². The molecular formula is C13H18N2O3. The van der Waals surface area contributed by atoms with Gasteiger partial charge in [-0.15, -0.1) is 0 Å². The molecule has 0 amide bonds. The smallest absolute Gasteiger partial charge is 0.163 e. The van der Waals surface area contributed by atoms with Crippen LogP contribution < -0.4 is 20.1 Å². The Morgan fingerprint density at radius 1 is 1.17 bits per heavy atom. The van der Waals surface area contributed by atoms with Gasteiger partial charge in [0.2, 0.25) is 0 Å². The first-order valence-electron chi connectivity index (χ1n) is 6.32. The number of hydrogen-bond donors (Lipinski definition) is 1. The van der Waals surface area contributed by atoms with E-state index < -0.39 is 0 Å². The highest BCUT2D eigenvalue weighted by atomic mass is 16.6. The van der Waals surface area contributed by atoms with Crippen LogP contribution in [0.25, 0.3) is 0 Å². The van der Waals surface area contributed by atoms with Gasteiger partial charge in [-0.1, -0.05) is 0 Å². The minimum atomic E-state index is 0.237. The minimum Gasteiger partial charge on any atom is -0.486 e. The molecule has 1 aromatic rings. The van der Waals surface area contributed by atoms with Crippen molar-refractivity contribution in [2.45, 2.75) is 6.04 Å². The third-order valence-electron chi connectivity index (χ3n) is 3.36. The Balaban J connectivity index is 1.86. The monoisotopic (exact) mass is 250 g/mol. The summed E-state index contributed by atoms with van der Waals surface area (Å²) in [5, 5.41) is 0. The zero-order chi connectivity index (χ0) is 12.4. The van der Waals surface area contributed by atoms with Gasteiger partial charge in [0.1, 0.15) is 13.2 Å². The third-order valence-corrected chi connectivity index (χ3v) is 3.36. The fourth-order valence-electron chi connectivity index (χ4n) is 2.40. The van der Waals surface area contributed by atoms with Gasteiger partial charge >= 0.3 is 0 Å². The average Bonchev–Trinajstić information content (AvgIpc) is 2.46. The summed E-state index contributed by atoms with van der Waals surface area (Å²) in [6.45, 7) is 4.11. The van der Waals surface area contributed by atoms with Crippen molar-refractivity contribution < 1.29 is 14.2 Å². The van der Waals surface area contributed by atoms with Crippen molar-refractivity contribution in [3.63, 3.8) is 0 Å². The summed E-state index contributed by atoms with van der Waals surface area (Å²) in [7, 11) is 0. The van der Waals surface area contributed by atoms with Crippen LogP contribution in [-0.2, 0) is 4.74 Å². The van der Waals surface area contributed by atoms with Crippen molar-refractivity contribution in [2.24, 2.45) is 5.73 Å². The van der Waals surface area contributed by atoms with E-state index in [-0.39, 0.29) is 6.04 Å². The number of anilines is 1. The fraction of sp³-hybridized carbons (Fsp3) is 0.538. The van der Waals surface area contributed by atoms with E-state index in [0.717, 1.165) is 30.3 Å². The van der Waals surface area contributed by atoms with Crippen LogP contribution in [-0.4, -0.2) is 45.6 Å². The zero-order valence-corrected chi connectivity index (χ0v) is 10.3. The van der Waals surface area contributed by atoms with Crippen LogP contribution in [0.15, 0.2) is 18.2 Å². The first-order chi connectivity index (χ1) is 8.88. The SMILES string of the molecule is NCC1COCCN1c1ccc2c(c1)OCCO2. The summed E-state index contributed by atoms with van der Waals surface area (Å²) >= 11 is 0. The summed E-state index contributed by atoms with van der Waals surface area (Å²) < 4.78 is 16.6. The highest BCUT2D eigenvalue weighted by Crippen LogP contribution is 2.34. The normalized spacial score (nSPS) is 22.9. The molecule has 98 valence electrons. The van der Waals surface area contributed by atoms with Crippen LogP contribution in [0.1, 0.15) is 0 Å². The standard InChI is InChI=1S/C13H18N2O3/c14-8-11-9-16-4-3-15(11)10-1-2-12-13(7-10)18-6-5-17-12/h1-2,7,11H,3-6,8-9,14H2. The molecule has 1 atom stereocenters. The highest BCUT2D eigenvalue weighted by Gasteiger charge is 2.23. The first kappa shape index (κ1) is 11.6. The molecular weight excluding hydrogens is 232 g/mol. The molecule has 0 saturated carbocycles. The van der Waals surface area contributed by atoms with E-state index in [9.17, 15) is 0 Å². The predicted octanol–water partition coefficient (Wildman–Crippen LogP) is 0.622. The summed E-state index contributed by atoms with van der Waals surface area (Å²) in [6, 6.07) is 6.29. The molecule has 0 aliphatic carbocycles. The number of fused-ring (bicyclic) bond motifs is 1. The van der Waals surface area contributed by atoms with Gasteiger partial charge in [-0.05, 0) is 12.1 Å². The number of ether oxygens (including phenoxy) is 3. The van der Waals surface area contributed by atoms with Crippen LogP contribution >= 0.6 is 0 Å². The lowest BCUT2D eigenvalue weighted by molar-refractivity contribution is 0.0961. The van der Waals surface area contributed by atoms with Crippen molar-refractivity contribution in [3.8, 4) is 11.5 Å². The van der Waals surface area contributed by atoms with E-state index in [1.165, 1.54) is 0 Å². The lowest BCUT2D eigenvalue weighted by atomic mass is 10.1. The van der Waals surface area contributed by atoms with Crippen LogP contribution in [0.2, 0.25) is 0 Å². The number of rotatable bonds is 2. The third kappa shape index (κ3) is 2.11. The average molecular weight is 250 g/mol. The van der Waals surface area contributed by atoms with E-state index in [1.807, 2.05) is 12.1 Å². The van der Waals surface area contributed by atoms with Crippen molar-refractivity contribution in [1.82, 2.24) is 0 Å². The molecule has 18 heavy (non-hydrogen) atoms. The van der Waals surface area contributed by atoms with Crippen LogP contribution in [0.3, 0.4) is 0 Å². The van der Waals surface area contributed by atoms with E-state index in [0.29, 0.717) is 26.4 Å². The van der Waals surface area contributed by atoms with Crippen molar-refractivity contribution >= 4 is 5.69 Å². The summed E-state index contributed by atoms with van der Waals surface area (Å²) in [5.74, 6) is 1.64. The Kier molecular flexibility index (Phi) is 3.25. The first-order valence-corrected chi connectivity index (χ1v) is 6.32. The Hall–Kier alpha value is -1.46. The Labute approximate surface area is 106 Å². The lowest BCUT2D eigenvalue weighted by Gasteiger charge is -2.37. The van der Waals surface area contributed by atoms with Gasteiger partial charge < -0.3 is 24.8 Å². The predicted molar refractivity (Wildman–Crippen MR) is 68.4 cm³/mol. The van der Waals surface area contributed by atoms with Crippen LogP contribution in [0, 0.1) is 0 Å². The molecule has 2 aliphatic rings. The van der Waals surface area contributed by atoms with Gasteiger partial charge in [0, 0.05) is 24.8 Å². The lowest BCUT2D eigenvalue weighted by Crippen LogP contribution is -2.49. The minimum absolute atomic E-state index is 0.237. The number of nitrogens with two attached hydrogens (primary N) is 1. The highest BCUT2D eigenvalue weighted by molar-refractivity contribution is 5.57. The Bertz CT molecular complexity index is 425. The summed E-state index contributed by atoms with van der Waals surface area (Å²) in [5.41, 5.74) is 6.91. The molecule has 1 fully saturated rings. The Morgan fingerprint density at radius 2 is 2.00 bits per heavy atom. The molecule has 1 aromatic carbocycles. The number of nitrogens with zero attached hydrogens (tertiary/aromatic N) is 1. The van der Waals surface area contributed by atoms with Gasteiger partial charge in [0.05, 0.1) is 19.3 Å². The molecule has 1 saturated heterocycles. The number of morpholine rings is 1. The van der Waals surface area contributed by atoms with Gasteiger partial charge in [0.25, 0.3) is 0 Å². The van der Waals surface area contributed by atoms with Crippen LogP contribution in [0.5, 0.6) is 11.5 Å². The molecule has 0 radical (unpaired) electrons. The molecule has 0 bridgehead atoms.